The zero-order chi connectivity index (χ0) is 6.71. The van der Waals surface area contributed by atoms with Crippen molar-refractivity contribution < 1.29 is 0 Å². The van der Waals surface area contributed by atoms with E-state index in [-0.39, 0.29) is 14.9 Å². The molecule has 0 atom stereocenters. The predicted octanol–water partition coefficient (Wildman–Crippen LogP) is 4.07. The molecule has 0 saturated carbocycles. The third-order valence-corrected chi connectivity index (χ3v) is 0. The van der Waals surface area contributed by atoms with Crippen LogP contribution in [0.2, 0.25) is 0 Å². The molecule has 0 aliphatic heterocycles. The van der Waals surface area contributed by atoms with Gasteiger partial charge in [-0.3, -0.25) is 0 Å². The Morgan fingerprint density at radius 1 is 0.889 bits per heavy atom. The smallest absolute Gasteiger partial charge is 0.0473 e. The summed E-state index contributed by atoms with van der Waals surface area (Å²) in [7, 11) is 0. The van der Waals surface area contributed by atoms with Crippen LogP contribution >= 0.6 is 0 Å². The van der Waals surface area contributed by atoms with Crippen molar-refractivity contribution in [3.05, 3.63) is 39.0 Å². The average Bonchev–Trinajstić information content (AvgIpc) is 1.78. The Hall–Kier alpha value is -0.780. The summed E-state index contributed by atoms with van der Waals surface area (Å²) < 4.78 is 0. The molecule has 0 radical (unpaired) electrons. The van der Waals surface area contributed by atoms with Gasteiger partial charge in [-0.2, -0.15) is 0 Å². The average molecular weight is 130 g/mol. The number of hydrogen-bond donors (Lipinski definition) is 0. The van der Waals surface area contributed by atoms with Crippen LogP contribution < -0.4 is 0 Å². The minimum Gasteiger partial charge on any atom is -0.106 e. The molecule has 58 valence electrons. The van der Waals surface area contributed by atoms with E-state index in [0.717, 1.165) is 0 Å². The first-order chi connectivity index (χ1) is 3.41. The highest BCUT2D eigenvalue weighted by Gasteiger charge is 1.15. The van der Waals surface area contributed by atoms with Crippen LogP contribution in [0.4, 0.5) is 0 Å². The molecule has 0 nitrogen and oxygen atoms in total. The van der Waals surface area contributed by atoms with Gasteiger partial charge in [0.05, 0.1) is 0 Å². The van der Waals surface area contributed by atoms with Crippen molar-refractivity contribution in [2.75, 3.05) is 0 Å². The van der Waals surface area contributed by atoms with Crippen LogP contribution in [0.5, 0.6) is 0 Å². The van der Waals surface area contributed by atoms with Gasteiger partial charge < -0.3 is 0 Å². The molecule has 0 heteroatoms. The molecule has 9 heavy (non-hydrogen) atoms. The number of allylic oxidation sites excluding steroid dienone is 1. The molecular formula is C9H22. The highest BCUT2D eigenvalue weighted by molar-refractivity contribution is 4.51. The molecule has 0 bridgehead atoms. The first-order valence-corrected chi connectivity index (χ1v) is 1.99. The molecule has 0 aromatic carbocycles. The molecule has 0 spiro atoms. The third kappa shape index (κ3) is 323. The van der Waals surface area contributed by atoms with E-state index >= 15 is 0 Å². The summed E-state index contributed by atoms with van der Waals surface area (Å²) >= 11 is 0. The van der Waals surface area contributed by atoms with Crippen molar-refractivity contribution in [1.82, 2.24) is 0 Å². The monoisotopic (exact) mass is 130 g/mol. The maximum atomic E-state index is 3.36. The van der Waals surface area contributed by atoms with Gasteiger partial charge in [0, 0.05) is 0 Å². The molecule has 0 fully saturated rings. The molecule has 0 aliphatic carbocycles. The highest BCUT2D eigenvalue weighted by atomic mass is 13.2. The van der Waals surface area contributed by atoms with E-state index in [2.05, 4.69) is 32.9 Å². The van der Waals surface area contributed by atoms with E-state index in [1.54, 1.807) is 6.08 Å². The summed E-state index contributed by atoms with van der Waals surface area (Å²) in [4.78, 5) is 0. The largest absolute Gasteiger partial charge is 0.106 e. The van der Waals surface area contributed by atoms with E-state index < -0.39 is 0 Å². The molecule has 0 rings (SSSR count). The Morgan fingerprint density at radius 2 is 0.889 bits per heavy atom. The molecule has 0 amide bonds. The summed E-state index contributed by atoms with van der Waals surface area (Å²) in [5, 5.41) is 0. The van der Waals surface area contributed by atoms with Crippen molar-refractivity contribution in [1.29, 1.82) is 0 Å². The van der Waals surface area contributed by atoms with Crippen molar-refractivity contribution in [2.45, 2.75) is 21.8 Å². The molecule has 0 aromatic rings. The normalized spacial score (nSPS) is 2.33. The first-order valence-electron chi connectivity index (χ1n) is 1.99. The quantitative estimate of drug-likeness (QED) is 0.434. The van der Waals surface area contributed by atoms with Gasteiger partial charge in [0.25, 0.3) is 0 Å². The molecule has 0 heterocycles. The van der Waals surface area contributed by atoms with Gasteiger partial charge in [0.1, 0.15) is 0 Å². The fraction of sp³-hybridized carbons (Fsp3) is 0.333. The lowest BCUT2D eigenvalue weighted by Crippen LogP contribution is -1.07. The zero-order valence-electron chi connectivity index (χ0n) is 5.11. The van der Waals surface area contributed by atoms with Gasteiger partial charge in [-0.1, -0.05) is 20.9 Å². The lowest BCUT2D eigenvalue weighted by Gasteiger charge is -1.31. The second-order valence-electron chi connectivity index (χ2n) is 0.408. The number of rotatable bonds is 0. The maximum absolute atomic E-state index is 3.36. The maximum Gasteiger partial charge on any atom is -0.0473 e. The minimum absolute atomic E-state index is 0. The lowest BCUT2D eigenvalue weighted by atomic mass is 10.8. The Labute approximate surface area is 61.6 Å². The van der Waals surface area contributed by atoms with Crippen LogP contribution in [-0.4, -0.2) is 0 Å². The van der Waals surface area contributed by atoms with Crippen molar-refractivity contribution >= 4 is 0 Å². The topological polar surface area (TPSA) is 0 Å². The second kappa shape index (κ2) is 5770. The standard InChI is InChI=1S/C3H6.2C2H4.2CH4/c1-3-2;2*1-2;;/h3H,1H2,2H3;2*1-2H2;2*1H4. The van der Waals surface area contributed by atoms with E-state index in [9.17, 15) is 0 Å². The van der Waals surface area contributed by atoms with Gasteiger partial charge in [0.2, 0.25) is 0 Å². The Morgan fingerprint density at radius 3 is 0.889 bits per heavy atom. The van der Waals surface area contributed by atoms with Crippen LogP contribution in [0.3, 0.4) is 0 Å². The van der Waals surface area contributed by atoms with Crippen molar-refractivity contribution in [3.63, 3.8) is 0 Å². The lowest BCUT2D eigenvalue weighted by molar-refractivity contribution is 1.80. The fourth-order valence-electron chi connectivity index (χ4n) is 0. The van der Waals surface area contributed by atoms with Gasteiger partial charge in [0.15, 0.2) is 0 Å². The molecule has 0 N–H and O–H groups in total. The van der Waals surface area contributed by atoms with Crippen LogP contribution in [0.25, 0.3) is 0 Å². The third-order valence-electron chi connectivity index (χ3n) is 0. The Kier molecular flexibility index (Phi) is 26500. The summed E-state index contributed by atoms with van der Waals surface area (Å²) in [6.45, 7) is 17.2. The molecule has 0 aliphatic rings. The van der Waals surface area contributed by atoms with E-state index in [1.165, 1.54) is 0 Å². The summed E-state index contributed by atoms with van der Waals surface area (Å²) in [6, 6.07) is 0. The van der Waals surface area contributed by atoms with Gasteiger partial charge >= 0.3 is 0 Å². The van der Waals surface area contributed by atoms with Gasteiger partial charge in [-0.05, 0) is 6.92 Å². The van der Waals surface area contributed by atoms with Crippen LogP contribution in [0, 0.1) is 0 Å². The highest BCUT2D eigenvalue weighted by Crippen LogP contribution is 1.38. The van der Waals surface area contributed by atoms with Gasteiger partial charge in [-0.25, -0.2) is 0 Å². The van der Waals surface area contributed by atoms with Crippen LogP contribution in [0.1, 0.15) is 21.8 Å². The summed E-state index contributed by atoms with van der Waals surface area (Å²) in [5.74, 6) is 0. The summed E-state index contributed by atoms with van der Waals surface area (Å²) in [6.07, 6.45) is 1.75. The second-order valence-corrected chi connectivity index (χ2v) is 0.408. The molecular weight excluding hydrogens is 108 g/mol. The number of hydrogen-bond acceptors (Lipinski definition) is 0. The first kappa shape index (κ1) is 41.3. The SMILES string of the molecule is C.C.C=C.C=C.C=CC. The minimum atomic E-state index is 0. The van der Waals surface area contributed by atoms with Gasteiger partial charge in [-0.15, -0.1) is 32.9 Å². The van der Waals surface area contributed by atoms with E-state index in [4.69, 9.17) is 0 Å². The molecule has 0 saturated heterocycles. The predicted molar refractivity (Wildman–Crippen MR) is 51.8 cm³/mol. The zero-order valence-corrected chi connectivity index (χ0v) is 5.11. The fourth-order valence-corrected chi connectivity index (χ4v) is 0. The van der Waals surface area contributed by atoms with E-state index in [1.807, 2.05) is 6.92 Å². The van der Waals surface area contributed by atoms with E-state index in [0.29, 0.717) is 0 Å². The van der Waals surface area contributed by atoms with Crippen LogP contribution in [-0.2, 0) is 0 Å². The molecule has 0 unspecified atom stereocenters. The van der Waals surface area contributed by atoms with Crippen molar-refractivity contribution in [3.8, 4) is 0 Å². The molecule has 0 aromatic heterocycles. The van der Waals surface area contributed by atoms with Crippen molar-refractivity contribution in [2.24, 2.45) is 0 Å². The Balaban J connectivity index is -0.00000000825. The Bertz CT molecular complexity index is 19.2. The van der Waals surface area contributed by atoms with Crippen LogP contribution in [0.15, 0.2) is 39.0 Å². The summed E-state index contributed by atoms with van der Waals surface area (Å²) in [5.41, 5.74) is 0.